The zero-order valence-electron chi connectivity index (χ0n) is 9.40. The average Bonchev–Trinajstić information content (AvgIpc) is 2.32. The van der Waals surface area contributed by atoms with Crippen LogP contribution in [-0.2, 0) is 12.8 Å². The van der Waals surface area contributed by atoms with Crippen molar-refractivity contribution >= 4 is 0 Å². The second kappa shape index (κ2) is 5.30. The highest BCUT2D eigenvalue weighted by Crippen LogP contribution is 2.01. The molecule has 0 aliphatic carbocycles. The van der Waals surface area contributed by atoms with Gasteiger partial charge in [-0.25, -0.2) is 0 Å². The molecule has 0 aliphatic rings. The van der Waals surface area contributed by atoms with E-state index in [0.29, 0.717) is 6.42 Å². The van der Waals surface area contributed by atoms with Crippen molar-refractivity contribution in [2.45, 2.75) is 19.3 Å². The van der Waals surface area contributed by atoms with Gasteiger partial charge >= 0.3 is 0 Å². The highest BCUT2D eigenvalue weighted by atomic mass is 16.1. The lowest BCUT2D eigenvalue weighted by Gasteiger charge is -2.01. The molecule has 0 aliphatic heterocycles. The molecule has 0 saturated heterocycles. The molecule has 0 unspecified atom stereocenters. The van der Waals surface area contributed by atoms with Crippen LogP contribution in [0.5, 0.6) is 0 Å². The minimum absolute atomic E-state index is 0.0333. The molecule has 0 radical (unpaired) electrons. The molecule has 4 nitrogen and oxygen atoms in total. The Morgan fingerprint density at radius 1 is 1.00 bits per heavy atom. The van der Waals surface area contributed by atoms with Gasteiger partial charge < -0.3 is 9.97 Å². The molecule has 2 rings (SSSR count). The Morgan fingerprint density at radius 3 is 2.65 bits per heavy atom. The summed E-state index contributed by atoms with van der Waals surface area (Å²) in [7, 11) is 0. The summed E-state index contributed by atoms with van der Waals surface area (Å²) in [6.45, 7) is 0. The Morgan fingerprint density at radius 2 is 1.88 bits per heavy atom. The predicted octanol–water partition coefficient (Wildman–Crippen LogP) is 1.24. The van der Waals surface area contributed by atoms with Gasteiger partial charge in [0.1, 0.15) is 0 Å². The number of hydrogen-bond acceptors (Lipinski definition) is 2. The molecule has 2 N–H and O–H groups in total. The fraction of sp³-hybridized carbons (Fsp3) is 0.231. The Balaban J connectivity index is 1.94. The summed E-state index contributed by atoms with van der Waals surface area (Å²) < 4.78 is 0. The minimum atomic E-state index is -0.0833. The standard InChI is InChI=1S/C13H14N2O2/c16-12-8-2-7-11(15-12)6-1-4-10-5-3-9-14-13(10)17/h2-3,5,7-9H,1,4,6H2,(H,14,17)(H,15,16). The molecule has 0 spiro atoms. The summed E-state index contributed by atoms with van der Waals surface area (Å²) in [6, 6.07) is 8.76. The van der Waals surface area contributed by atoms with Crippen LogP contribution in [0.25, 0.3) is 0 Å². The van der Waals surface area contributed by atoms with E-state index in [1.807, 2.05) is 18.2 Å². The summed E-state index contributed by atoms with van der Waals surface area (Å²) in [5.41, 5.74) is 1.57. The van der Waals surface area contributed by atoms with E-state index in [-0.39, 0.29) is 11.1 Å². The first-order valence-electron chi connectivity index (χ1n) is 5.60. The second-order valence-corrected chi connectivity index (χ2v) is 3.92. The highest BCUT2D eigenvalue weighted by Gasteiger charge is 1.99. The predicted molar refractivity (Wildman–Crippen MR) is 66.2 cm³/mol. The molecular weight excluding hydrogens is 216 g/mol. The lowest BCUT2D eigenvalue weighted by atomic mass is 10.1. The lowest BCUT2D eigenvalue weighted by molar-refractivity contribution is 0.787. The van der Waals surface area contributed by atoms with Crippen LogP contribution in [0.3, 0.4) is 0 Å². The van der Waals surface area contributed by atoms with Crippen molar-refractivity contribution in [3.63, 3.8) is 0 Å². The Hall–Kier alpha value is -2.10. The summed E-state index contributed by atoms with van der Waals surface area (Å²) in [5, 5.41) is 0. The molecule has 0 aromatic carbocycles. The molecule has 2 aromatic rings. The number of hydrogen-bond donors (Lipinski definition) is 2. The van der Waals surface area contributed by atoms with E-state index in [4.69, 9.17) is 0 Å². The smallest absolute Gasteiger partial charge is 0.251 e. The van der Waals surface area contributed by atoms with Crippen LogP contribution in [-0.4, -0.2) is 9.97 Å². The van der Waals surface area contributed by atoms with Gasteiger partial charge in [-0.3, -0.25) is 9.59 Å². The van der Waals surface area contributed by atoms with Crippen LogP contribution in [0, 0.1) is 0 Å². The van der Waals surface area contributed by atoms with Crippen LogP contribution in [0.4, 0.5) is 0 Å². The van der Waals surface area contributed by atoms with E-state index in [1.54, 1.807) is 12.3 Å². The Bertz CT molecular complexity index is 598. The largest absolute Gasteiger partial charge is 0.329 e. The summed E-state index contributed by atoms with van der Waals surface area (Å²) in [6.07, 6.45) is 3.95. The summed E-state index contributed by atoms with van der Waals surface area (Å²) >= 11 is 0. The van der Waals surface area contributed by atoms with Gasteiger partial charge in [-0.05, 0) is 31.4 Å². The second-order valence-electron chi connectivity index (χ2n) is 3.92. The van der Waals surface area contributed by atoms with E-state index < -0.39 is 0 Å². The third-order valence-corrected chi connectivity index (χ3v) is 2.62. The first-order valence-corrected chi connectivity index (χ1v) is 5.60. The van der Waals surface area contributed by atoms with Crippen molar-refractivity contribution in [1.82, 2.24) is 9.97 Å². The van der Waals surface area contributed by atoms with E-state index in [2.05, 4.69) is 9.97 Å². The average molecular weight is 230 g/mol. The summed E-state index contributed by atoms with van der Waals surface area (Å²) in [5.74, 6) is 0. The Kier molecular flexibility index (Phi) is 3.55. The van der Waals surface area contributed by atoms with Crippen molar-refractivity contribution in [3.05, 3.63) is 68.5 Å². The molecule has 17 heavy (non-hydrogen) atoms. The van der Waals surface area contributed by atoms with Crippen molar-refractivity contribution in [2.75, 3.05) is 0 Å². The third kappa shape index (κ3) is 3.17. The first-order chi connectivity index (χ1) is 8.25. The van der Waals surface area contributed by atoms with Gasteiger partial charge in [-0.15, -0.1) is 0 Å². The van der Waals surface area contributed by atoms with Crippen LogP contribution in [0.2, 0.25) is 0 Å². The third-order valence-electron chi connectivity index (χ3n) is 2.62. The Labute approximate surface area is 98.3 Å². The van der Waals surface area contributed by atoms with E-state index >= 15 is 0 Å². The van der Waals surface area contributed by atoms with E-state index in [9.17, 15) is 9.59 Å². The number of H-pyrrole nitrogens is 2. The molecule has 4 heteroatoms. The van der Waals surface area contributed by atoms with Gasteiger partial charge in [0.15, 0.2) is 0 Å². The zero-order valence-corrected chi connectivity index (χ0v) is 9.40. The van der Waals surface area contributed by atoms with Crippen LogP contribution < -0.4 is 11.1 Å². The molecule has 0 saturated carbocycles. The molecule has 0 atom stereocenters. The van der Waals surface area contributed by atoms with Crippen molar-refractivity contribution in [1.29, 1.82) is 0 Å². The number of rotatable bonds is 4. The zero-order chi connectivity index (χ0) is 12.1. The van der Waals surface area contributed by atoms with Gasteiger partial charge in [-0.2, -0.15) is 0 Å². The SMILES string of the molecule is O=c1cccc(CCCc2ccc[nH]c2=O)[nH]1. The van der Waals surface area contributed by atoms with Crippen LogP contribution >= 0.6 is 0 Å². The van der Waals surface area contributed by atoms with Crippen molar-refractivity contribution < 1.29 is 0 Å². The van der Waals surface area contributed by atoms with Gasteiger partial charge in [0.25, 0.3) is 5.56 Å². The fourth-order valence-corrected chi connectivity index (χ4v) is 1.76. The van der Waals surface area contributed by atoms with Crippen molar-refractivity contribution in [3.8, 4) is 0 Å². The maximum Gasteiger partial charge on any atom is 0.251 e. The van der Waals surface area contributed by atoms with E-state index in [1.165, 1.54) is 6.07 Å². The molecule has 0 bridgehead atoms. The number of pyridine rings is 2. The number of nitrogens with one attached hydrogen (secondary N) is 2. The minimum Gasteiger partial charge on any atom is -0.329 e. The highest BCUT2D eigenvalue weighted by molar-refractivity contribution is 5.10. The van der Waals surface area contributed by atoms with Gasteiger partial charge in [0.05, 0.1) is 0 Å². The van der Waals surface area contributed by atoms with Gasteiger partial charge in [0.2, 0.25) is 5.56 Å². The molecule has 88 valence electrons. The normalized spacial score (nSPS) is 10.4. The van der Waals surface area contributed by atoms with Crippen LogP contribution in [0.1, 0.15) is 17.7 Å². The fourth-order valence-electron chi connectivity index (χ4n) is 1.76. The molecule has 2 heterocycles. The maximum absolute atomic E-state index is 11.4. The molecule has 0 amide bonds. The molecule has 0 fully saturated rings. The maximum atomic E-state index is 11.4. The molecular formula is C13H14N2O2. The van der Waals surface area contributed by atoms with Gasteiger partial charge in [0, 0.05) is 23.5 Å². The van der Waals surface area contributed by atoms with Gasteiger partial charge in [-0.1, -0.05) is 12.1 Å². The number of aromatic nitrogens is 2. The quantitative estimate of drug-likeness (QED) is 0.829. The summed E-state index contributed by atoms with van der Waals surface area (Å²) in [4.78, 5) is 27.9. The van der Waals surface area contributed by atoms with Crippen LogP contribution in [0.15, 0.2) is 46.1 Å². The monoisotopic (exact) mass is 230 g/mol. The first kappa shape index (κ1) is 11.4. The number of aryl methyl sites for hydroxylation is 2. The topological polar surface area (TPSA) is 65.7 Å². The van der Waals surface area contributed by atoms with Crippen molar-refractivity contribution in [2.24, 2.45) is 0 Å². The molecule has 2 aromatic heterocycles. The number of aromatic amines is 2. The van der Waals surface area contributed by atoms with E-state index in [0.717, 1.165) is 24.1 Å². The lowest BCUT2D eigenvalue weighted by Crippen LogP contribution is -2.12.